The van der Waals surface area contributed by atoms with E-state index in [1.807, 2.05) is 0 Å². The van der Waals surface area contributed by atoms with Crippen LogP contribution in [-0.4, -0.2) is 47.3 Å². The molecule has 0 aliphatic carbocycles. The highest BCUT2D eigenvalue weighted by Gasteiger charge is 2.14. The van der Waals surface area contributed by atoms with Gasteiger partial charge in [-0.1, -0.05) is 26.7 Å². The summed E-state index contributed by atoms with van der Waals surface area (Å²) in [6.45, 7) is 6.57. The second-order valence-corrected chi connectivity index (χ2v) is 4.27. The number of hydrogen-bond acceptors (Lipinski definition) is 3. The van der Waals surface area contributed by atoms with Gasteiger partial charge in [-0.15, -0.1) is 0 Å². The third kappa shape index (κ3) is 7.65. The summed E-state index contributed by atoms with van der Waals surface area (Å²) in [6, 6.07) is 0. The van der Waals surface area contributed by atoms with E-state index in [0.717, 1.165) is 38.8 Å². The Morgan fingerprint density at radius 2 is 1.88 bits per heavy atom. The minimum absolute atomic E-state index is 0.271. The lowest BCUT2D eigenvalue weighted by molar-refractivity contribution is -0.141. The molecule has 0 fully saturated rings. The van der Waals surface area contributed by atoms with Crippen LogP contribution in [-0.2, 0) is 4.79 Å². The van der Waals surface area contributed by atoms with Crippen LogP contribution in [0.5, 0.6) is 0 Å². The van der Waals surface area contributed by atoms with Crippen molar-refractivity contribution in [3.8, 4) is 0 Å². The Labute approximate surface area is 98.3 Å². The monoisotopic (exact) mass is 231 g/mol. The Kier molecular flexibility index (Phi) is 9.24. The molecule has 0 spiro atoms. The van der Waals surface area contributed by atoms with Crippen LogP contribution in [0.4, 0.5) is 0 Å². The van der Waals surface area contributed by atoms with Crippen LogP contribution in [0.2, 0.25) is 0 Å². The molecule has 0 rings (SSSR count). The lowest BCUT2D eigenvalue weighted by Gasteiger charge is -2.22. The van der Waals surface area contributed by atoms with Gasteiger partial charge in [0.25, 0.3) is 0 Å². The maximum absolute atomic E-state index is 10.7. The molecule has 96 valence electrons. The van der Waals surface area contributed by atoms with Crippen LogP contribution in [0.3, 0.4) is 0 Å². The summed E-state index contributed by atoms with van der Waals surface area (Å²) < 4.78 is 0. The fraction of sp³-hybridized carbons (Fsp3) is 0.917. The SMILES string of the molecule is CCN(CCCCCCO)CC(C)C(=O)O. The molecule has 16 heavy (non-hydrogen) atoms. The van der Waals surface area contributed by atoms with Crippen molar-refractivity contribution in [2.75, 3.05) is 26.2 Å². The van der Waals surface area contributed by atoms with Crippen LogP contribution in [0.25, 0.3) is 0 Å². The molecule has 4 nitrogen and oxygen atoms in total. The summed E-state index contributed by atoms with van der Waals surface area (Å²) in [5.41, 5.74) is 0. The van der Waals surface area contributed by atoms with E-state index in [4.69, 9.17) is 10.2 Å². The molecule has 0 aliphatic rings. The number of aliphatic carboxylic acids is 1. The van der Waals surface area contributed by atoms with Gasteiger partial charge < -0.3 is 15.1 Å². The molecular weight excluding hydrogens is 206 g/mol. The lowest BCUT2D eigenvalue weighted by atomic mass is 10.1. The first kappa shape index (κ1) is 15.4. The highest BCUT2D eigenvalue weighted by molar-refractivity contribution is 5.69. The summed E-state index contributed by atoms with van der Waals surface area (Å²) >= 11 is 0. The van der Waals surface area contributed by atoms with Crippen LogP contribution in [0.15, 0.2) is 0 Å². The van der Waals surface area contributed by atoms with Gasteiger partial charge in [-0.25, -0.2) is 0 Å². The van der Waals surface area contributed by atoms with E-state index in [-0.39, 0.29) is 12.5 Å². The molecule has 0 saturated heterocycles. The van der Waals surface area contributed by atoms with E-state index in [1.54, 1.807) is 6.92 Å². The molecule has 0 aromatic heterocycles. The van der Waals surface area contributed by atoms with Gasteiger partial charge in [0.05, 0.1) is 5.92 Å². The molecule has 4 heteroatoms. The largest absolute Gasteiger partial charge is 0.481 e. The number of carboxylic acids is 1. The van der Waals surface area contributed by atoms with Crippen LogP contribution in [0, 0.1) is 5.92 Å². The first-order valence-corrected chi connectivity index (χ1v) is 6.17. The molecule has 0 heterocycles. The minimum Gasteiger partial charge on any atom is -0.481 e. The van der Waals surface area contributed by atoms with Gasteiger partial charge in [0.2, 0.25) is 0 Å². The molecule has 0 saturated carbocycles. The van der Waals surface area contributed by atoms with Crippen LogP contribution >= 0.6 is 0 Å². The van der Waals surface area contributed by atoms with E-state index in [9.17, 15) is 4.79 Å². The third-order valence-electron chi connectivity index (χ3n) is 2.78. The van der Waals surface area contributed by atoms with Crippen molar-refractivity contribution in [3.05, 3.63) is 0 Å². The van der Waals surface area contributed by atoms with Crippen molar-refractivity contribution in [3.63, 3.8) is 0 Å². The predicted octanol–water partition coefficient (Wildman–Crippen LogP) is 1.58. The summed E-state index contributed by atoms with van der Waals surface area (Å²) in [7, 11) is 0. The van der Waals surface area contributed by atoms with Crippen molar-refractivity contribution in [1.82, 2.24) is 4.90 Å². The fourth-order valence-corrected chi connectivity index (χ4v) is 1.64. The summed E-state index contributed by atoms with van der Waals surface area (Å²) in [5.74, 6) is -1.02. The molecule has 1 unspecified atom stereocenters. The Morgan fingerprint density at radius 3 is 2.38 bits per heavy atom. The zero-order valence-electron chi connectivity index (χ0n) is 10.5. The van der Waals surface area contributed by atoms with Crippen molar-refractivity contribution < 1.29 is 15.0 Å². The van der Waals surface area contributed by atoms with Gasteiger partial charge in [0.15, 0.2) is 0 Å². The highest BCUT2D eigenvalue weighted by atomic mass is 16.4. The predicted molar refractivity (Wildman–Crippen MR) is 64.5 cm³/mol. The van der Waals surface area contributed by atoms with E-state index in [2.05, 4.69) is 11.8 Å². The Bertz CT molecular complexity index is 185. The zero-order chi connectivity index (χ0) is 12.4. The number of carbonyl (C=O) groups is 1. The van der Waals surface area contributed by atoms with E-state index >= 15 is 0 Å². The molecular formula is C12H25NO3. The van der Waals surface area contributed by atoms with Crippen molar-refractivity contribution in [2.45, 2.75) is 39.5 Å². The average Bonchev–Trinajstić information content (AvgIpc) is 2.26. The Hall–Kier alpha value is -0.610. The molecule has 0 aliphatic heterocycles. The van der Waals surface area contributed by atoms with E-state index < -0.39 is 5.97 Å². The smallest absolute Gasteiger partial charge is 0.307 e. The first-order chi connectivity index (χ1) is 7.61. The van der Waals surface area contributed by atoms with Crippen molar-refractivity contribution >= 4 is 5.97 Å². The number of aliphatic hydroxyl groups excluding tert-OH is 1. The standard InChI is InChI=1S/C12H25NO3/c1-3-13(10-11(2)12(15)16)8-6-4-5-7-9-14/h11,14H,3-10H2,1-2H3,(H,15,16). The second-order valence-electron chi connectivity index (χ2n) is 4.27. The zero-order valence-corrected chi connectivity index (χ0v) is 10.5. The van der Waals surface area contributed by atoms with Crippen LogP contribution < -0.4 is 0 Å². The van der Waals surface area contributed by atoms with E-state index in [0.29, 0.717) is 6.54 Å². The number of unbranched alkanes of at least 4 members (excludes halogenated alkanes) is 3. The molecule has 0 radical (unpaired) electrons. The average molecular weight is 231 g/mol. The second kappa shape index (κ2) is 9.60. The topological polar surface area (TPSA) is 60.8 Å². The number of nitrogens with zero attached hydrogens (tertiary/aromatic N) is 1. The van der Waals surface area contributed by atoms with Gasteiger partial charge >= 0.3 is 5.97 Å². The van der Waals surface area contributed by atoms with Crippen LogP contribution in [0.1, 0.15) is 39.5 Å². The number of carboxylic acid groups (broad SMARTS) is 1. The highest BCUT2D eigenvalue weighted by Crippen LogP contribution is 2.04. The third-order valence-corrected chi connectivity index (χ3v) is 2.78. The molecule has 0 aromatic carbocycles. The Morgan fingerprint density at radius 1 is 1.25 bits per heavy atom. The summed E-state index contributed by atoms with van der Waals surface area (Å²) in [6.07, 6.45) is 4.12. The normalized spacial score (nSPS) is 13.0. The van der Waals surface area contributed by atoms with Crippen molar-refractivity contribution in [2.24, 2.45) is 5.92 Å². The number of aliphatic hydroxyl groups is 1. The molecule has 1 atom stereocenters. The van der Waals surface area contributed by atoms with Crippen molar-refractivity contribution in [1.29, 1.82) is 0 Å². The molecule has 2 N–H and O–H groups in total. The molecule has 0 bridgehead atoms. The van der Waals surface area contributed by atoms with Gasteiger partial charge in [0.1, 0.15) is 0 Å². The molecule has 0 amide bonds. The molecule has 0 aromatic rings. The minimum atomic E-state index is -0.723. The van der Waals surface area contributed by atoms with Gasteiger partial charge in [-0.2, -0.15) is 0 Å². The number of hydrogen-bond donors (Lipinski definition) is 2. The maximum Gasteiger partial charge on any atom is 0.307 e. The van der Waals surface area contributed by atoms with Gasteiger partial charge in [-0.3, -0.25) is 4.79 Å². The fourth-order valence-electron chi connectivity index (χ4n) is 1.64. The van der Waals surface area contributed by atoms with Gasteiger partial charge in [-0.05, 0) is 25.9 Å². The number of rotatable bonds is 10. The summed E-state index contributed by atoms with van der Waals surface area (Å²) in [4.78, 5) is 12.9. The van der Waals surface area contributed by atoms with Gasteiger partial charge in [0, 0.05) is 13.2 Å². The Balaban J connectivity index is 3.62. The van der Waals surface area contributed by atoms with E-state index in [1.165, 1.54) is 0 Å². The quantitative estimate of drug-likeness (QED) is 0.560. The summed E-state index contributed by atoms with van der Waals surface area (Å²) in [5, 5.41) is 17.4. The lowest BCUT2D eigenvalue weighted by Crippen LogP contribution is -2.32. The maximum atomic E-state index is 10.7. The first-order valence-electron chi connectivity index (χ1n) is 6.17.